The number of nitrogens with zero attached hydrogens (tertiary/aromatic N) is 4. The summed E-state index contributed by atoms with van der Waals surface area (Å²) >= 11 is 5.77. The third kappa shape index (κ3) is 3.20. The molecule has 3 heterocycles. The van der Waals surface area contributed by atoms with Crippen molar-refractivity contribution >= 4 is 34.9 Å². The summed E-state index contributed by atoms with van der Waals surface area (Å²) in [7, 11) is 0. The van der Waals surface area contributed by atoms with E-state index in [2.05, 4.69) is 10.4 Å². The SMILES string of the molecule is CC1Cn2ncc(N3CCC(O)C3=O)c2CN1C(=O)Nc1ccc(F)c(Cl)c1. The fraction of sp³-hybridized carbons (Fsp3) is 0.389. The van der Waals surface area contributed by atoms with Gasteiger partial charge in [-0.05, 0) is 25.1 Å². The number of hydrogen-bond acceptors (Lipinski definition) is 4. The number of benzene rings is 1. The van der Waals surface area contributed by atoms with E-state index in [9.17, 15) is 19.1 Å². The third-order valence-corrected chi connectivity index (χ3v) is 5.41. The van der Waals surface area contributed by atoms with E-state index in [0.29, 0.717) is 30.9 Å². The topological polar surface area (TPSA) is 90.7 Å². The minimum absolute atomic E-state index is 0.0732. The van der Waals surface area contributed by atoms with Gasteiger partial charge in [-0.3, -0.25) is 9.48 Å². The van der Waals surface area contributed by atoms with Gasteiger partial charge in [-0.25, -0.2) is 9.18 Å². The second-order valence-corrected chi connectivity index (χ2v) is 7.40. The summed E-state index contributed by atoms with van der Waals surface area (Å²) in [6.07, 6.45) is 0.967. The molecule has 2 aliphatic rings. The van der Waals surface area contributed by atoms with E-state index in [1.54, 1.807) is 15.8 Å². The number of urea groups is 1. The number of nitrogens with one attached hydrogen (secondary N) is 1. The van der Waals surface area contributed by atoms with E-state index < -0.39 is 11.9 Å². The van der Waals surface area contributed by atoms with Crippen LogP contribution >= 0.6 is 11.6 Å². The summed E-state index contributed by atoms with van der Waals surface area (Å²) in [5, 5.41) is 16.7. The van der Waals surface area contributed by atoms with Crippen molar-refractivity contribution in [3.63, 3.8) is 0 Å². The van der Waals surface area contributed by atoms with Crippen LogP contribution in [0.4, 0.5) is 20.6 Å². The highest BCUT2D eigenvalue weighted by molar-refractivity contribution is 6.31. The highest BCUT2D eigenvalue weighted by atomic mass is 35.5. The Balaban J connectivity index is 1.55. The van der Waals surface area contributed by atoms with Crippen molar-refractivity contribution in [2.45, 2.75) is 38.6 Å². The largest absolute Gasteiger partial charge is 0.383 e. The van der Waals surface area contributed by atoms with Gasteiger partial charge in [0, 0.05) is 18.7 Å². The standard InChI is InChI=1S/C18H19ClFN5O3/c1-10-8-25-15(14(7-21-25)23-5-4-16(26)17(23)27)9-24(10)18(28)22-11-2-3-13(20)12(19)6-11/h2-3,6-7,10,16,26H,4-5,8-9H2,1H3,(H,22,28). The second kappa shape index (κ2) is 7.06. The maximum Gasteiger partial charge on any atom is 0.322 e. The van der Waals surface area contributed by atoms with Gasteiger partial charge < -0.3 is 20.2 Å². The van der Waals surface area contributed by atoms with Gasteiger partial charge in [0.15, 0.2) is 0 Å². The lowest BCUT2D eigenvalue weighted by Gasteiger charge is -2.35. The Labute approximate surface area is 165 Å². The lowest BCUT2D eigenvalue weighted by Crippen LogP contribution is -2.47. The summed E-state index contributed by atoms with van der Waals surface area (Å²) in [5.41, 5.74) is 1.73. The number of amides is 3. The number of aromatic nitrogens is 2. The van der Waals surface area contributed by atoms with E-state index >= 15 is 0 Å². The first-order valence-electron chi connectivity index (χ1n) is 8.92. The third-order valence-electron chi connectivity index (χ3n) is 5.12. The molecule has 0 bridgehead atoms. The summed E-state index contributed by atoms with van der Waals surface area (Å²) in [4.78, 5) is 28.1. The lowest BCUT2D eigenvalue weighted by molar-refractivity contribution is -0.124. The highest BCUT2D eigenvalue weighted by Gasteiger charge is 2.36. The van der Waals surface area contributed by atoms with Crippen molar-refractivity contribution in [3.05, 3.63) is 40.9 Å². The van der Waals surface area contributed by atoms with Crippen molar-refractivity contribution in [1.29, 1.82) is 0 Å². The molecular formula is C18H19ClFN5O3. The van der Waals surface area contributed by atoms with E-state index in [4.69, 9.17) is 11.6 Å². The van der Waals surface area contributed by atoms with E-state index in [1.165, 1.54) is 23.1 Å². The van der Waals surface area contributed by atoms with Gasteiger partial charge in [-0.1, -0.05) is 11.6 Å². The van der Waals surface area contributed by atoms with Gasteiger partial charge in [0.25, 0.3) is 5.91 Å². The maximum absolute atomic E-state index is 13.3. The van der Waals surface area contributed by atoms with Crippen LogP contribution in [0.3, 0.4) is 0 Å². The zero-order chi connectivity index (χ0) is 20.0. The van der Waals surface area contributed by atoms with Crippen molar-refractivity contribution in [1.82, 2.24) is 14.7 Å². The number of aliphatic hydroxyl groups is 1. The number of anilines is 2. The molecule has 0 aliphatic carbocycles. The molecule has 1 saturated heterocycles. The number of aliphatic hydroxyl groups excluding tert-OH is 1. The fourth-order valence-corrected chi connectivity index (χ4v) is 3.74. The number of rotatable bonds is 2. The van der Waals surface area contributed by atoms with Gasteiger partial charge in [0.1, 0.15) is 11.9 Å². The van der Waals surface area contributed by atoms with E-state index in [1.807, 2.05) is 6.92 Å². The molecule has 4 rings (SSSR count). The summed E-state index contributed by atoms with van der Waals surface area (Å²) < 4.78 is 15.1. The Hall–Kier alpha value is -2.65. The highest BCUT2D eigenvalue weighted by Crippen LogP contribution is 2.30. The number of hydrogen-bond donors (Lipinski definition) is 2. The molecule has 0 radical (unpaired) electrons. The first-order valence-corrected chi connectivity index (χ1v) is 9.29. The minimum atomic E-state index is -0.999. The Morgan fingerprint density at radius 3 is 2.89 bits per heavy atom. The molecule has 148 valence electrons. The van der Waals surface area contributed by atoms with Gasteiger partial charge in [0.05, 0.1) is 41.7 Å². The molecule has 1 fully saturated rings. The first kappa shape index (κ1) is 18.7. The molecule has 28 heavy (non-hydrogen) atoms. The molecule has 3 amide bonds. The predicted molar refractivity (Wildman–Crippen MR) is 101 cm³/mol. The molecule has 2 N–H and O–H groups in total. The van der Waals surface area contributed by atoms with Gasteiger partial charge >= 0.3 is 6.03 Å². The Morgan fingerprint density at radius 2 is 2.21 bits per heavy atom. The van der Waals surface area contributed by atoms with Crippen LogP contribution in [0, 0.1) is 5.82 Å². The van der Waals surface area contributed by atoms with Crippen LogP contribution in [-0.2, 0) is 17.9 Å². The van der Waals surface area contributed by atoms with Crippen LogP contribution in [-0.4, -0.2) is 50.4 Å². The van der Waals surface area contributed by atoms with Crippen LogP contribution in [0.15, 0.2) is 24.4 Å². The Morgan fingerprint density at radius 1 is 1.43 bits per heavy atom. The van der Waals surface area contributed by atoms with Crippen molar-refractivity contribution in [2.24, 2.45) is 0 Å². The molecule has 2 unspecified atom stereocenters. The summed E-state index contributed by atoms with van der Waals surface area (Å²) in [5.74, 6) is -0.914. The zero-order valence-electron chi connectivity index (χ0n) is 15.1. The lowest BCUT2D eigenvalue weighted by atomic mass is 10.2. The normalized spacial score (nSPS) is 21.8. The van der Waals surface area contributed by atoms with Crippen LogP contribution in [0.1, 0.15) is 19.0 Å². The molecule has 2 aliphatic heterocycles. The maximum atomic E-state index is 13.3. The molecular weight excluding hydrogens is 389 g/mol. The van der Waals surface area contributed by atoms with Crippen LogP contribution in [0.5, 0.6) is 0 Å². The molecule has 8 nitrogen and oxygen atoms in total. The molecule has 1 aromatic carbocycles. The first-order chi connectivity index (χ1) is 13.3. The Bertz CT molecular complexity index is 949. The molecule has 10 heteroatoms. The van der Waals surface area contributed by atoms with Crippen LogP contribution < -0.4 is 10.2 Å². The van der Waals surface area contributed by atoms with Crippen molar-refractivity contribution < 1.29 is 19.1 Å². The molecule has 2 aromatic rings. The monoisotopic (exact) mass is 407 g/mol. The number of carbonyl (C=O) groups excluding carboxylic acids is 2. The van der Waals surface area contributed by atoms with E-state index in [-0.39, 0.29) is 29.5 Å². The van der Waals surface area contributed by atoms with Gasteiger partial charge in [0.2, 0.25) is 0 Å². The van der Waals surface area contributed by atoms with Gasteiger partial charge in [-0.2, -0.15) is 5.10 Å². The zero-order valence-corrected chi connectivity index (χ0v) is 15.9. The summed E-state index contributed by atoms with van der Waals surface area (Å²) in [6, 6.07) is 3.48. The second-order valence-electron chi connectivity index (χ2n) is 6.99. The van der Waals surface area contributed by atoms with Crippen LogP contribution in [0.25, 0.3) is 0 Å². The fourth-order valence-electron chi connectivity index (χ4n) is 3.56. The van der Waals surface area contributed by atoms with Crippen molar-refractivity contribution in [3.8, 4) is 0 Å². The van der Waals surface area contributed by atoms with Crippen LogP contribution in [0.2, 0.25) is 5.02 Å². The number of halogens is 2. The van der Waals surface area contributed by atoms with Gasteiger partial charge in [-0.15, -0.1) is 0 Å². The molecule has 0 spiro atoms. The summed E-state index contributed by atoms with van der Waals surface area (Å²) in [6.45, 7) is 3.02. The number of carbonyl (C=O) groups is 2. The molecule has 1 aromatic heterocycles. The quantitative estimate of drug-likeness (QED) is 0.798. The average Bonchev–Trinajstić information content (AvgIpc) is 3.20. The minimum Gasteiger partial charge on any atom is -0.383 e. The Kier molecular flexibility index (Phi) is 4.72. The smallest absolute Gasteiger partial charge is 0.322 e. The predicted octanol–water partition coefficient (Wildman–Crippen LogP) is 2.21. The molecule has 0 saturated carbocycles. The average molecular weight is 408 g/mol. The van der Waals surface area contributed by atoms with E-state index in [0.717, 1.165) is 5.69 Å². The molecule has 2 atom stereocenters. The number of fused-ring (bicyclic) bond motifs is 1. The van der Waals surface area contributed by atoms with Crippen molar-refractivity contribution in [2.75, 3.05) is 16.8 Å².